The molecule has 1 aliphatic heterocycles. The van der Waals surface area contributed by atoms with E-state index in [1.54, 1.807) is 0 Å². The number of nitrogen functional groups attached to an aromatic ring is 1. The third kappa shape index (κ3) is 4.23. The quantitative estimate of drug-likeness (QED) is 0.826. The predicted octanol–water partition coefficient (Wildman–Crippen LogP) is 1.97. The number of rotatable bonds is 4. The Labute approximate surface area is 121 Å². The second kappa shape index (κ2) is 6.75. The van der Waals surface area contributed by atoms with Crippen molar-refractivity contribution in [2.45, 2.75) is 38.1 Å². The van der Waals surface area contributed by atoms with Gasteiger partial charge in [-0.1, -0.05) is 19.1 Å². The van der Waals surface area contributed by atoms with E-state index in [4.69, 9.17) is 5.73 Å². The van der Waals surface area contributed by atoms with E-state index in [0.717, 1.165) is 37.2 Å². The van der Waals surface area contributed by atoms with Crippen molar-refractivity contribution in [3.8, 4) is 0 Å². The van der Waals surface area contributed by atoms with Crippen LogP contribution in [0.1, 0.15) is 37.7 Å². The Morgan fingerprint density at radius 3 is 2.80 bits per heavy atom. The van der Waals surface area contributed by atoms with Crippen molar-refractivity contribution < 1.29 is 4.79 Å². The lowest BCUT2D eigenvalue weighted by Gasteiger charge is -2.30. The number of hydrogen-bond acceptors (Lipinski definition) is 3. The van der Waals surface area contributed by atoms with Crippen LogP contribution in [0.4, 0.5) is 5.69 Å². The lowest BCUT2D eigenvalue weighted by molar-refractivity contribution is -0.122. The van der Waals surface area contributed by atoms with Crippen LogP contribution in [0.25, 0.3) is 0 Å². The van der Waals surface area contributed by atoms with Crippen LogP contribution in [-0.4, -0.2) is 37.0 Å². The summed E-state index contributed by atoms with van der Waals surface area (Å²) in [5.41, 5.74) is 7.60. The average Bonchev–Trinajstić information content (AvgIpc) is 2.39. The summed E-state index contributed by atoms with van der Waals surface area (Å²) in [5.74, 6) is 0.367. The van der Waals surface area contributed by atoms with Crippen LogP contribution in [0, 0.1) is 0 Å². The fourth-order valence-electron chi connectivity index (χ4n) is 2.79. The molecule has 0 saturated carbocycles. The maximum absolute atomic E-state index is 12.1. The molecule has 2 atom stereocenters. The molecular formula is C16H25N3O. The van der Waals surface area contributed by atoms with Gasteiger partial charge in [0.25, 0.3) is 0 Å². The molecule has 20 heavy (non-hydrogen) atoms. The summed E-state index contributed by atoms with van der Waals surface area (Å²) in [7, 11) is 2.11. The van der Waals surface area contributed by atoms with E-state index >= 15 is 0 Å². The number of piperidine rings is 1. The predicted molar refractivity (Wildman–Crippen MR) is 82.5 cm³/mol. The van der Waals surface area contributed by atoms with Gasteiger partial charge >= 0.3 is 0 Å². The molecule has 110 valence electrons. The molecule has 1 saturated heterocycles. The maximum Gasteiger partial charge on any atom is 0.220 e. The largest absolute Gasteiger partial charge is 0.399 e. The van der Waals surface area contributed by atoms with Crippen LogP contribution in [0.3, 0.4) is 0 Å². The summed E-state index contributed by atoms with van der Waals surface area (Å²) in [6.07, 6.45) is 2.78. The van der Waals surface area contributed by atoms with Crippen molar-refractivity contribution in [3.63, 3.8) is 0 Å². The van der Waals surface area contributed by atoms with Gasteiger partial charge in [0.1, 0.15) is 0 Å². The molecule has 0 radical (unpaired) electrons. The molecule has 2 unspecified atom stereocenters. The lowest BCUT2D eigenvalue weighted by atomic mass is 9.96. The van der Waals surface area contributed by atoms with Crippen molar-refractivity contribution in [2.75, 3.05) is 25.9 Å². The number of amides is 1. The van der Waals surface area contributed by atoms with Crippen LogP contribution in [0.5, 0.6) is 0 Å². The van der Waals surface area contributed by atoms with Gasteiger partial charge in [-0.05, 0) is 50.0 Å². The highest BCUT2D eigenvalue weighted by molar-refractivity contribution is 5.77. The van der Waals surface area contributed by atoms with Gasteiger partial charge in [0.15, 0.2) is 0 Å². The van der Waals surface area contributed by atoms with E-state index in [0.29, 0.717) is 12.5 Å². The highest BCUT2D eigenvalue weighted by atomic mass is 16.1. The highest BCUT2D eigenvalue weighted by Gasteiger charge is 2.20. The highest BCUT2D eigenvalue weighted by Crippen LogP contribution is 2.20. The van der Waals surface area contributed by atoms with Crippen LogP contribution in [0.15, 0.2) is 24.3 Å². The van der Waals surface area contributed by atoms with E-state index in [2.05, 4.69) is 24.2 Å². The molecule has 1 amide bonds. The van der Waals surface area contributed by atoms with Gasteiger partial charge in [-0.3, -0.25) is 4.79 Å². The maximum atomic E-state index is 12.1. The molecule has 0 aliphatic carbocycles. The van der Waals surface area contributed by atoms with E-state index in [-0.39, 0.29) is 11.8 Å². The topological polar surface area (TPSA) is 58.4 Å². The Balaban J connectivity index is 1.83. The first kappa shape index (κ1) is 14.9. The Morgan fingerprint density at radius 2 is 2.15 bits per heavy atom. The summed E-state index contributed by atoms with van der Waals surface area (Å²) in [6.45, 7) is 4.17. The number of likely N-dealkylation sites (tertiary alicyclic amines) is 1. The number of anilines is 1. The summed E-state index contributed by atoms with van der Waals surface area (Å²) < 4.78 is 0. The van der Waals surface area contributed by atoms with Gasteiger partial charge in [-0.15, -0.1) is 0 Å². The lowest BCUT2D eigenvalue weighted by Crippen LogP contribution is -2.46. The van der Waals surface area contributed by atoms with E-state index in [9.17, 15) is 4.79 Å². The van der Waals surface area contributed by atoms with Gasteiger partial charge < -0.3 is 16.0 Å². The third-order valence-corrected chi connectivity index (χ3v) is 3.99. The molecule has 0 bridgehead atoms. The smallest absolute Gasteiger partial charge is 0.220 e. The summed E-state index contributed by atoms with van der Waals surface area (Å²) in [6, 6.07) is 8.09. The first-order valence-electron chi connectivity index (χ1n) is 7.38. The monoisotopic (exact) mass is 275 g/mol. The molecular weight excluding hydrogens is 250 g/mol. The van der Waals surface area contributed by atoms with Crippen LogP contribution in [-0.2, 0) is 4.79 Å². The molecule has 3 N–H and O–H groups in total. The van der Waals surface area contributed by atoms with E-state index < -0.39 is 0 Å². The molecule has 4 nitrogen and oxygen atoms in total. The van der Waals surface area contributed by atoms with Crippen molar-refractivity contribution in [2.24, 2.45) is 0 Å². The first-order valence-corrected chi connectivity index (χ1v) is 7.38. The second-order valence-electron chi connectivity index (χ2n) is 5.94. The third-order valence-electron chi connectivity index (χ3n) is 3.99. The van der Waals surface area contributed by atoms with Crippen LogP contribution >= 0.6 is 0 Å². The molecule has 1 aromatic carbocycles. The molecule has 1 fully saturated rings. The van der Waals surface area contributed by atoms with Gasteiger partial charge in [0.05, 0.1) is 0 Å². The number of hydrogen-bond donors (Lipinski definition) is 2. The minimum absolute atomic E-state index is 0.148. The number of nitrogens with zero attached hydrogens (tertiary/aromatic N) is 1. The second-order valence-corrected chi connectivity index (χ2v) is 5.94. The standard InChI is InChI=1S/C16H25N3O/c1-12(13-5-7-14(17)8-6-13)10-16(20)18-15-4-3-9-19(2)11-15/h5-8,12,15H,3-4,9-11,17H2,1-2H3,(H,18,20). The van der Waals surface area contributed by atoms with Crippen molar-refractivity contribution >= 4 is 11.6 Å². The Hall–Kier alpha value is -1.55. The molecule has 2 rings (SSSR count). The van der Waals surface area contributed by atoms with Gasteiger partial charge in [-0.2, -0.15) is 0 Å². The zero-order chi connectivity index (χ0) is 14.5. The number of carbonyl (C=O) groups is 1. The fourth-order valence-corrected chi connectivity index (χ4v) is 2.79. The van der Waals surface area contributed by atoms with Crippen molar-refractivity contribution in [1.29, 1.82) is 0 Å². The van der Waals surface area contributed by atoms with Crippen molar-refractivity contribution in [1.82, 2.24) is 10.2 Å². The van der Waals surface area contributed by atoms with Gasteiger partial charge in [0, 0.05) is 24.7 Å². The summed E-state index contributed by atoms with van der Waals surface area (Å²) >= 11 is 0. The summed E-state index contributed by atoms with van der Waals surface area (Å²) in [5, 5.41) is 3.16. The Kier molecular flexibility index (Phi) is 5.01. The minimum atomic E-state index is 0.148. The molecule has 0 aromatic heterocycles. The van der Waals surface area contributed by atoms with Gasteiger partial charge in [0.2, 0.25) is 5.91 Å². The Morgan fingerprint density at radius 1 is 1.45 bits per heavy atom. The first-order chi connectivity index (χ1) is 9.54. The van der Waals surface area contributed by atoms with E-state index in [1.807, 2.05) is 24.3 Å². The average molecular weight is 275 g/mol. The van der Waals surface area contributed by atoms with Gasteiger partial charge in [-0.25, -0.2) is 0 Å². The number of nitrogens with one attached hydrogen (secondary N) is 1. The minimum Gasteiger partial charge on any atom is -0.399 e. The number of nitrogens with two attached hydrogens (primary N) is 1. The van der Waals surface area contributed by atoms with E-state index in [1.165, 1.54) is 0 Å². The van der Waals surface area contributed by atoms with Crippen molar-refractivity contribution in [3.05, 3.63) is 29.8 Å². The molecule has 1 aromatic rings. The molecule has 1 heterocycles. The fraction of sp³-hybridized carbons (Fsp3) is 0.562. The summed E-state index contributed by atoms with van der Waals surface area (Å²) in [4.78, 5) is 14.4. The molecule has 4 heteroatoms. The number of carbonyl (C=O) groups excluding carboxylic acids is 1. The molecule has 0 spiro atoms. The number of benzene rings is 1. The SMILES string of the molecule is CC(CC(=O)NC1CCCN(C)C1)c1ccc(N)cc1. The van der Waals surface area contributed by atoms with Crippen LogP contribution in [0.2, 0.25) is 0 Å². The zero-order valence-electron chi connectivity index (χ0n) is 12.4. The Bertz CT molecular complexity index is 444. The number of likely N-dealkylation sites (N-methyl/N-ethyl adjacent to an activating group) is 1. The molecule has 1 aliphatic rings. The van der Waals surface area contributed by atoms with Crippen LogP contribution < -0.4 is 11.1 Å². The zero-order valence-corrected chi connectivity index (χ0v) is 12.4. The normalized spacial score (nSPS) is 21.4.